The van der Waals surface area contributed by atoms with Gasteiger partial charge in [-0.15, -0.1) is 5.10 Å². The third-order valence-corrected chi connectivity index (χ3v) is 2.82. The van der Waals surface area contributed by atoms with Crippen LogP contribution in [0.15, 0.2) is 24.8 Å². The van der Waals surface area contributed by atoms with Crippen LogP contribution in [-0.4, -0.2) is 31.5 Å². The third kappa shape index (κ3) is 3.33. The Labute approximate surface area is 106 Å². The summed E-state index contributed by atoms with van der Waals surface area (Å²) in [5, 5.41) is 11.1. The molecule has 0 aliphatic carbocycles. The summed E-state index contributed by atoms with van der Waals surface area (Å²) >= 11 is 0. The van der Waals surface area contributed by atoms with Crippen LogP contribution in [0.5, 0.6) is 0 Å². The molecule has 2 heterocycles. The summed E-state index contributed by atoms with van der Waals surface area (Å²) in [5.74, 6) is 0. The molecule has 0 aliphatic heterocycles. The van der Waals surface area contributed by atoms with Crippen LogP contribution in [0.1, 0.15) is 30.8 Å². The molecule has 0 amide bonds. The summed E-state index contributed by atoms with van der Waals surface area (Å²) in [6.07, 6.45) is 8.02. The Morgan fingerprint density at radius 1 is 1.28 bits per heavy atom. The second-order valence-electron chi connectivity index (χ2n) is 4.22. The molecule has 6 heteroatoms. The van der Waals surface area contributed by atoms with Crippen LogP contribution in [0, 0.1) is 6.92 Å². The topological polar surface area (TPSA) is 68.5 Å². The molecule has 0 saturated heterocycles. The molecular formula is C12H18N6. The van der Waals surface area contributed by atoms with Crippen LogP contribution in [0.2, 0.25) is 0 Å². The first-order valence-corrected chi connectivity index (χ1v) is 6.12. The lowest BCUT2D eigenvalue weighted by Crippen LogP contribution is -2.23. The van der Waals surface area contributed by atoms with Gasteiger partial charge in [0.05, 0.1) is 17.6 Å². The average Bonchev–Trinajstić information content (AvgIpc) is 2.88. The van der Waals surface area contributed by atoms with Gasteiger partial charge in [0, 0.05) is 31.2 Å². The fraction of sp³-hybridized carbons (Fsp3) is 0.500. The first-order chi connectivity index (χ1) is 8.77. The first kappa shape index (κ1) is 12.6. The standard InChI is InChI=1S/C12H18N6/c1-10(12-11(2)14-5-6-15-12)13-4-3-8-18-9-7-16-17-18/h5-7,9-10,13H,3-4,8H2,1-2H3. The van der Waals surface area contributed by atoms with Crippen molar-refractivity contribution in [3.05, 3.63) is 36.2 Å². The van der Waals surface area contributed by atoms with Gasteiger partial charge in [-0.25, -0.2) is 0 Å². The monoisotopic (exact) mass is 246 g/mol. The Kier molecular flexibility index (Phi) is 4.35. The minimum Gasteiger partial charge on any atom is -0.309 e. The highest BCUT2D eigenvalue weighted by molar-refractivity contribution is 5.12. The van der Waals surface area contributed by atoms with Crippen molar-refractivity contribution in [3.63, 3.8) is 0 Å². The number of aryl methyl sites for hydroxylation is 2. The van der Waals surface area contributed by atoms with Crippen molar-refractivity contribution < 1.29 is 0 Å². The zero-order chi connectivity index (χ0) is 12.8. The van der Waals surface area contributed by atoms with Crippen LogP contribution >= 0.6 is 0 Å². The van der Waals surface area contributed by atoms with Gasteiger partial charge in [-0.05, 0) is 26.8 Å². The average molecular weight is 246 g/mol. The van der Waals surface area contributed by atoms with Crippen LogP contribution in [-0.2, 0) is 6.54 Å². The summed E-state index contributed by atoms with van der Waals surface area (Å²) in [6.45, 7) is 5.87. The summed E-state index contributed by atoms with van der Waals surface area (Å²) in [7, 11) is 0. The molecule has 1 unspecified atom stereocenters. The van der Waals surface area contributed by atoms with Crippen LogP contribution in [0.25, 0.3) is 0 Å². The van der Waals surface area contributed by atoms with Crippen LogP contribution < -0.4 is 5.32 Å². The van der Waals surface area contributed by atoms with Gasteiger partial charge >= 0.3 is 0 Å². The number of hydrogen-bond acceptors (Lipinski definition) is 5. The molecule has 0 fully saturated rings. The number of nitrogens with one attached hydrogen (secondary N) is 1. The zero-order valence-electron chi connectivity index (χ0n) is 10.7. The Morgan fingerprint density at radius 3 is 2.83 bits per heavy atom. The molecule has 0 radical (unpaired) electrons. The Morgan fingerprint density at radius 2 is 2.11 bits per heavy atom. The van der Waals surface area contributed by atoms with Gasteiger partial charge < -0.3 is 5.32 Å². The van der Waals surface area contributed by atoms with Gasteiger partial charge in [0.15, 0.2) is 0 Å². The molecule has 0 aliphatic rings. The molecule has 0 bridgehead atoms. The Balaban J connectivity index is 1.75. The van der Waals surface area contributed by atoms with E-state index in [1.807, 2.05) is 17.8 Å². The fourth-order valence-electron chi connectivity index (χ4n) is 1.85. The van der Waals surface area contributed by atoms with Gasteiger partial charge in [-0.3, -0.25) is 14.6 Å². The normalized spacial score (nSPS) is 12.6. The number of rotatable bonds is 6. The van der Waals surface area contributed by atoms with Crippen molar-refractivity contribution >= 4 is 0 Å². The molecule has 2 rings (SSSR count). The number of nitrogens with zero attached hydrogens (tertiary/aromatic N) is 5. The van der Waals surface area contributed by atoms with Crippen molar-refractivity contribution in [3.8, 4) is 0 Å². The van der Waals surface area contributed by atoms with Gasteiger partial charge in [-0.1, -0.05) is 5.21 Å². The summed E-state index contributed by atoms with van der Waals surface area (Å²) in [4.78, 5) is 8.60. The van der Waals surface area contributed by atoms with E-state index in [0.717, 1.165) is 30.9 Å². The highest BCUT2D eigenvalue weighted by Crippen LogP contribution is 2.11. The smallest absolute Gasteiger partial charge is 0.0782 e. The highest BCUT2D eigenvalue weighted by Gasteiger charge is 2.09. The summed E-state index contributed by atoms with van der Waals surface area (Å²) in [6, 6.07) is 0.217. The molecule has 1 atom stereocenters. The second kappa shape index (κ2) is 6.20. The minimum atomic E-state index is 0.217. The maximum absolute atomic E-state index is 4.35. The number of aromatic nitrogens is 5. The van der Waals surface area contributed by atoms with Gasteiger partial charge in [-0.2, -0.15) is 0 Å². The maximum atomic E-state index is 4.35. The van der Waals surface area contributed by atoms with Crippen LogP contribution in [0.3, 0.4) is 0 Å². The van der Waals surface area contributed by atoms with E-state index in [1.165, 1.54) is 0 Å². The number of hydrogen-bond donors (Lipinski definition) is 1. The summed E-state index contributed by atoms with van der Waals surface area (Å²) in [5.41, 5.74) is 1.99. The second-order valence-corrected chi connectivity index (χ2v) is 4.22. The quantitative estimate of drug-likeness (QED) is 0.773. The van der Waals surface area contributed by atoms with E-state index in [2.05, 4.69) is 32.5 Å². The van der Waals surface area contributed by atoms with Crippen LogP contribution in [0.4, 0.5) is 0 Å². The predicted molar refractivity (Wildman–Crippen MR) is 67.8 cm³/mol. The maximum Gasteiger partial charge on any atom is 0.0782 e. The summed E-state index contributed by atoms with van der Waals surface area (Å²) < 4.78 is 1.83. The lowest BCUT2D eigenvalue weighted by Gasteiger charge is -2.14. The van der Waals surface area contributed by atoms with E-state index in [-0.39, 0.29) is 6.04 Å². The minimum absolute atomic E-state index is 0.217. The van der Waals surface area contributed by atoms with E-state index >= 15 is 0 Å². The van der Waals surface area contributed by atoms with Gasteiger partial charge in [0.2, 0.25) is 0 Å². The van der Waals surface area contributed by atoms with Crippen molar-refractivity contribution in [2.75, 3.05) is 6.54 Å². The molecule has 0 aromatic carbocycles. The molecule has 96 valence electrons. The molecular weight excluding hydrogens is 228 g/mol. The zero-order valence-corrected chi connectivity index (χ0v) is 10.7. The molecule has 0 spiro atoms. The molecule has 2 aromatic rings. The van der Waals surface area contributed by atoms with Crippen molar-refractivity contribution in [2.45, 2.75) is 32.9 Å². The molecule has 1 N–H and O–H groups in total. The highest BCUT2D eigenvalue weighted by atomic mass is 15.4. The van der Waals surface area contributed by atoms with E-state index in [0.29, 0.717) is 0 Å². The predicted octanol–water partition coefficient (Wildman–Crippen LogP) is 1.12. The van der Waals surface area contributed by atoms with Gasteiger partial charge in [0.25, 0.3) is 0 Å². The molecule has 2 aromatic heterocycles. The SMILES string of the molecule is Cc1nccnc1C(C)NCCCn1ccnn1. The Hall–Kier alpha value is -1.82. The first-order valence-electron chi connectivity index (χ1n) is 6.12. The lowest BCUT2D eigenvalue weighted by molar-refractivity contribution is 0.492. The molecule has 18 heavy (non-hydrogen) atoms. The van der Waals surface area contributed by atoms with E-state index in [1.54, 1.807) is 18.6 Å². The van der Waals surface area contributed by atoms with Gasteiger partial charge in [0.1, 0.15) is 0 Å². The van der Waals surface area contributed by atoms with E-state index in [4.69, 9.17) is 0 Å². The van der Waals surface area contributed by atoms with Crippen molar-refractivity contribution in [1.82, 2.24) is 30.3 Å². The molecule has 0 saturated carbocycles. The Bertz CT molecular complexity index is 467. The van der Waals surface area contributed by atoms with E-state index in [9.17, 15) is 0 Å². The van der Waals surface area contributed by atoms with Crippen molar-refractivity contribution in [2.24, 2.45) is 0 Å². The van der Waals surface area contributed by atoms with Crippen molar-refractivity contribution in [1.29, 1.82) is 0 Å². The largest absolute Gasteiger partial charge is 0.309 e. The fourth-order valence-corrected chi connectivity index (χ4v) is 1.85. The third-order valence-electron chi connectivity index (χ3n) is 2.82. The van der Waals surface area contributed by atoms with E-state index < -0.39 is 0 Å². The molecule has 6 nitrogen and oxygen atoms in total. The lowest BCUT2D eigenvalue weighted by atomic mass is 10.2.